The van der Waals surface area contributed by atoms with Crippen molar-refractivity contribution in [3.8, 4) is 0 Å². The molecule has 0 atom stereocenters. The van der Waals surface area contributed by atoms with E-state index in [0.717, 1.165) is 7.11 Å². The van der Waals surface area contributed by atoms with Crippen molar-refractivity contribution >= 4 is 11.7 Å². The van der Waals surface area contributed by atoms with Crippen LogP contribution < -0.4 is 0 Å². The van der Waals surface area contributed by atoms with Gasteiger partial charge in [0.25, 0.3) is 12.1 Å². The molecule has 8 heteroatoms. The maximum Gasteiger partial charge on any atom is 0.357 e. The van der Waals surface area contributed by atoms with E-state index in [1.165, 1.54) is 6.92 Å². The second kappa shape index (κ2) is 4.81. The van der Waals surface area contributed by atoms with Crippen LogP contribution >= 0.6 is 0 Å². The number of hydrogen-bond acceptors (Lipinski definition) is 5. The molecule has 1 heterocycles. The second-order valence-corrected chi connectivity index (χ2v) is 3.09. The number of aromatic nitrogens is 1. The van der Waals surface area contributed by atoms with Crippen molar-refractivity contribution in [2.24, 2.45) is 0 Å². The van der Waals surface area contributed by atoms with E-state index in [1.54, 1.807) is 0 Å². The molecule has 0 aliphatic heterocycles. The largest absolute Gasteiger partial charge is 0.464 e. The zero-order valence-electron chi connectivity index (χ0n) is 8.94. The third kappa shape index (κ3) is 2.35. The molecule has 0 aliphatic carbocycles. The van der Waals surface area contributed by atoms with Crippen molar-refractivity contribution in [2.45, 2.75) is 13.3 Å². The summed E-state index contributed by atoms with van der Waals surface area (Å²) in [6, 6.07) is 0. The highest BCUT2D eigenvalue weighted by Gasteiger charge is 2.29. The molecule has 6 nitrogen and oxygen atoms in total. The Balaban J connectivity index is 3.49. The number of alkyl halides is 2. The van der Waals surface area contributed by atoms with Gasteiger partial charge in [-0.2, -0.15) is 0 Å². The lowest BCUT2D eigenvalue weighted by molar-refractivity contribution is -0.387. The molecule has 0 radical (unpaired) electrons. The second-order valence-electron chi connectivity index (χ2n) is 3.09. The van der Waals surface area contributed by atoms with Crippen molar-refractivity contribution in [3.05, 3.63) is 33.1 Å². The molecule has 0 aromatic carbocycles. The number of esters is 1. The van der Waals surface area contributed by atoms with Gasteiger partial charge >= 0.3 is 5.97 Å². The molecule has 0 N–H and O–H groups in total. The molecule has 0 saturated carbocycles. The van der Waals surface area contributed by atoms with E-state index in [0.29, 0.717) is 6.20 Å². The Labute approximate surface area is 94.4 Å². The molecule has 0 aliphatic rings. The Hall–Kier alpha value is -2.12. The monoisotopic (exact) mass is 246 g/mol. The third-order valence-corrected chi connectivity index (χ3v) is 2.11. The van der Waals surface area contributed by atoms with Crippen LogP contribution in [0.1, 0.15) is 28.0 Å². The summed E-state index contributed by atoms with van der Waals surface area (Å²) < 4.78 is 29.4. The lowest BCUT2D eigenvalue weighted by atomic mass is 10.1. The average Bonchev–Trinajstić information content (AvgIpc) is 2.26. The quantitative estimate of drug-likeness (QED) is 0.463. The van der Waals surface area contributed by atoms with Crippen LogP contribution in [0.3, 0.4) is 0 Å². The zero-order valence-corrected chi connectivity index (χ0v) is 8.94. The molecule has 0 fully saturated rings. The lowest BCUT2D eigenvalue weighted by Crippen LogP contribution is -2.10. The first-order chi connectivity index (χ1) is 7.90. The van der Waals surface area contributed by atoms with Gasteiger partial charge < -0.3 is 4.74 Å². The lowest BCUT2D eigenvalue weighted by Gasteiger charge is -2.07. The smallest absolute Gasteiger partial charge is 0.357 e. The van der Waals surface area contributed by atoms with Gasteiger partial charge in [-0.25, -0.2) is 18.6 Å². The summed E-state index contributed by atoms with van der Waals surface area (Å²) in [5.74, 6) is -0.911. The van der Waals surface area contributed by atoms with Gasteiger partial charge in [-0.3, -0.25) is 10.1 Å². The topological polar surface area (TPSA) is 82.3 Å². The Bertz CT molecular complexity index is 476. The van der Waals surface area contributed by atoms with E-state index in [4.69, 9.17) is 0 Å². The predicted octanol–water partition coefficient (Wildman–Crippen LogP) is 2.02. The Morgan fingerprint density at radius 2 is 2.18 bits per heavy atom. The molecular formula is C9H8F2N2O4. The van der Waals surface area contributed by atoms with Crippen LogP contribution in [-0.2, 0) is 4.74 Å². The number of carbonyl (C=O) groups is 1. The number of pyridine rings is 1. The summed E-state index contributed by atoms with van der Waals surface area (Å²) in [4.78, 5) is 24.4. The average molecular weight is 246 g/mol. The molecule has 0 unspecified atom stereocenters. The van der Waals surface area contributed by atoms with E-state index >= 15 is 0 Å². The Morgan fingerprint density at radius 1 is 1.59 bits per heavy atom. The SMILES string of the molecule is COC(=O)c1ncc(C(F)F)c([N+](=O)[O-])c1C. The normalized spacial score (nSPS) is 10.4. The summed E-state index contributed by atoms with van der Waals surface area (Å²) in [6.07, 6.45) is -2.42. The molecular weight excluding hydrogens is 238 g/mol. The van der Waals surface area contributed by atoms with Crippen LogP contribution in [0.4, 0.5) is 14.5 Å². The van der Waals surface area contributed by atoms with E-state index in [9.17, 15) is 23.7 Å². The highest BCUT2D eigenvalue weighted by atomic mass is 19.3. The molecule has 17 heavy (non-hydrogen) atoms. The summed E-state index contributed by atoms with van der Waals surface area (Å²) >= 11 is 0. The van der Waals surface area contributed by atoms with Crippen LogP contribution in [-0.4, -0.2) is 23.0 Å². The Kier molecular flexibility index (Phi) is 3.66. The van der Waals surface area contributed by atoms with Gasteiger partial charge in [0.05, 0.1) is 17.6 Å². The number of methoxy groups -OCH3 is 1. The summed E-state index contributed by atoms with van der Waals surface area (Å²) in [6.45, 7) is 1.17. The third-order valence-electron chi connectivity index (χ3n) is 2.11. The number of nitrogens with zero attached hydrogens (tertiary/aromatic N) is 2. The minimum Gasteiger partial charge on any atom is -0.464 e. The van der Waals surface area contributed by atoms with Crippen molar-refractivity contribution < 1.29 is 23.2 Å². The first-order valence-corrected chi connectivity index (χ1v) is 4.40. The molecule has 1 aromatic rings. The van der Waals surface area contributed by atoms with Gasteiger partial charge in [0.15, 0.2) is 5.69 Å². The van der Waals surface area contributed by atoms with E-state index < -0.39 is 28.6 Å². The van der Waals surface area contributed by atoms with E-state index in [-0.39, 0.29) is 11.3 Å². The number of rotatable bonds is 3. The van der Waals surface area contributed by atoms with Gasteiger partial charge in [0.1, 0.15) is 5.56 Å². The first-order valence-electron chi connectivity index (χ1n) is 4.40. The number of nitro groups is 1. The van der Waals surface area contributed by atoms with Crippen molar-refractivity contribution in [2.75, 3.05) is 7.11 Å². The summed E-state index contributed by atoms with van der Waals surface area (Å²) in [5, 5.41) is 10.7. The van der Waals surface area contributed by atoms with Crippen LogP contribution in [0.5, 0.6) is 0 Å². The molecule has 1 aromatic heterocycles. The molecule has 92 valence electrons. The zero-order chi connectivity index (χ0) is 13.2. The summed E-state index contributed by atoms with van der Waals surface area (Å²) in [7, 11) is 1.07. The molecule has 0 spiro atoms. The van der Waals surface area contributed by atoms with Crippen LogP contribution in [0.2, 0.25) is 0 Å². The van der Waals surface area contributed by atoms with Gasteiger partial charge in [-0.1, -0.05) is 0 Å². The number of carbonyl (C=O) groups excluding carboxylic acids is 1. The number of halogens is 2. The van der Waals surface area contributed by atoms with Crippen molar-refractivity contribution in [1.29, 1.82) is 0 Å². The highest BCUT2D eigenvalue weighted by Crippen LogP contribution is 2.32. The fourth-order valence-corrected chi connectivity index (χ4v) is 1.33. The fraction of sp³-hybridized carbons (Fsp3) is 0.333. The van der Waals surface area contributed by atoms with Gasteiger partial charge in [-0.15, -0.1) is 0 Å². The molecule has 0 amide bonds. The predicted molar refractivity (Wildman–Crippen MR) is 51.9 cm³/mol. The van der Waals surface area contributed by atoms with Crippen LogP contribution in [0.25, 0.3) is 0 Å². The van der Waals surface area contributed by atoms with Crippen molar-refractivity contribution in [3.63, 3.8) is 0 Å². The van der Waals surface area contributed by atoms with Crippen LogP contribution in [0.15, 0.2) is 6.20 Å². The minimum atomic E-state index is -3.03. The first kappa shape index (κ1) is 12.9. The summed E-state index contributed by atoms with van der Waals surface area (Å²) in [5.41, 5.74) is -2.21. The van der Waals surface area contributed by atoms with Crippen molar-refractivity contribution in [1.82, 2.24) is 4.98 Å². The van der Waals surface area contributed by atoms with Crippen LogP contribution in [0, 0.1) is 17.0 Å². The molecule has 0 bridgehead atoms. The maximum absolute atomic E-state index is 12.5. The minimum absolute atomic E-state index is 0.236. The van der Waals surface area contributed by atoms with Gasteiger partial charge in [0.2, 0.25) is 0 Å². The molecule has 1 rings (SSSR count). The fourth-order valence-electron chi connectivity index (χ4n) is 1.33. The highest BCUT2D eigenvalue weighted by molar-refractivity contribution is 5.90. The van der Waals surface area contributed by atoms with E-state index in [2.05, 4.69) is 9.72 Å². The van der Waals surface area contributed by atoms with Gasteiger partial charge in [-0.05, 0) is 6.92 Å². The molecule has 0 saturated heterocycles. The van der Waals surface area contributed by atoms with E-state index in [1.807, 2.05) is 0 Å². The standard InChI is InChI=1S/C9H8F2N2O4/c1-4-6(9(14)17-2)12-3-5(8(10)11)7(4)13(15)16/h3,8H,1-2H3. The number of hydrogen-bond donors (Lipinski definition) is 0. The van der Waals surface area contributed by atoms with Gasteiger partial charge in [0, 0.05) is 6.20 Å². The maximum atomic E-state index is 12.5. The number of ether oxygens (including phenoxy) is 1. The Morgan fingerprint density at radius 3 is 2.59 bits per heavy atom.